The summed E-state index contributed by atoms with van der Waals surface area (Å²) in [6.07, 6.45) is 1.95. The van der Waals surface area contributed by atoms with Crippen molar-refractivity contribution in [1.29, 1.82) is 0 Å². The van der Waals surface area contributed by atoms with Crippen LogP contribution >= 0.6 is 0 Å². The fraction of sp³-hybridized carbons (Fsp3) is 0.778. The van der Waals surface area contributed by atoms with Crippen molar-refractivity contribution in [3.63, 3.8) is 0 Å². The van der Waals surface area contributed by atoms with Gasteiger partial charge in [-0.1, -0.05) is 6.82 Å². The van der Waals surface area contributed by atoms with Gasteiger partial charge < -0.3 is 4.81 Å². The van der Waals surface area contributed by atoms with Gasteiger partial charge >= 0.3 is 0 Å². The Balaban J connectivity index is 2.35. The minimum absolute atomic E-state index is 0.00514. The number of carbonyl (C=O) groups is 2. The third-order valence-electron chi connectivity index (χ3n) is 2.69. The molecule has 0 aromatic heterocycles. The first-order valence-electron chi connectivity index (χ1n) is 5.42. The average Bonchev–Trinajstić information content (AvgIpc) is 2.26. The zero-order chi connectivity index (χ0) is 11.3. The second kappa shape index (κ2) is 5.75. The minimum Gasteiger partial charge on any atom is -0.345 e. The SMILES string of the molecule is CBN1CCCC(C(=O)NNC(C)=O)C1. The van der Waals surface area contributed by atoms with Gasteiger partial charge in [0.25, 0.3) is 0 Å². The maximum absolute atomic E-state index is 11.6. The maximum atomic E-state index is 11.6. The van der Waals surface area contributed by atoms with E-state index in [0.717, 1.165) is 33.3 Å². The highest BCUT2D eigenvalue weighted by atomic mass is 16.2. The summed E-state index contributed by atoms with van der Waals surface area (Å²) in [5.41, 5.74) is 4.75. The Morgan fingerprint density at radius 2 is 2.13 bits per heavy atom. The highest BCUT2D eigenvalue weighted by Crippen LogP contribution is 2.15. The number of piperidine rings is 1. The molecule has 0 aromatic rings. The van der Waals surface area contributed by atoms with E-state index < -0.39 is 0 Å². The highest BCUT2D eigenvalue weighted by Gasteiger charge is 2.24. The number of nitrogens with zero attached hydrogens (tertiary/aromatic N) is 1. The number of hydrogen-bond acceptors (Lipinski definition) is 3. The Kier molecular flexibility index (Phi) is 4.61. The summed E-state index contributed by atoms with van der Waals surface area (Å²) in [4.78, 5) is 24.5. The van der Waals surface area contributed by atoms with Crippen LogP contribution in [0.4, 0.5) is 0 Å². The Hall–Kier alpha value is -1.04. The first-order chi connectivity index (χ1) is 7.13. The lowest BCUT2D eigenvalue weighted by Gasteiger charge is -2.30. The highest BCUT2D eigenvalue weighted by molar-refractivity contribution is 6.29. The van der Waals surface area contributed by atoms with E-state index in [9.17, 15) is 9.59 Å². The molecule has 1 aliphatic heterocycles. The lowest BCUT2D eigenvalue weighted by Crippen LogP contribution is -2.48. The van der Waals surface area contributed by atoms with Crippen LogP contribution in [0.5, 0.6) is 0 Å². The first kappa shape index (κ1) is 12.0. The molecule has 0 aromatic carbocycles. The maximum Gasteiger partial charge on any atom is 0.242 e. The van der Waals surface area contributed by atoms with Crippen LogP contribution in [0.15, 0.2) is 0 Å². The summed E-state index contributed by atoms with van der Waals surface area (Å²) in [6.45, 7) is 5.33. The van der Waals surface area contributed by atoms with Crippen LogP contribution in [0.25, 0.3) is 0 Å². The molecule has 1 saturated heterocycles. The molecular weight excluding hydrogens is 193 g/mol. The summed E-state index contributed by atoms with van der Waals surface area (Å²) in [7, 11) is 0.976. The molecule has 1 unspecified atom stereocenters. The van der Waals surface area contributed by atoms with Crippen molar-refractivity contribution in [1.82, 2.24) is 15.7 Å². The smallest absolute Gasteiger partial charge is 0.242 e. The van der Waals surface area contributed by atoms with Crippen LogP contribution < -0.4 is 10.9 Å². The van der Waals surface area contributed by atoms with E-state index in [1.807, 2.05) is 0 Å². The standard InChI is InChI=1S/C9H18BN3O2/c1-7(14)11-12-9(15)8-4-3-5-13(6-8)10-2/h8,10H,3-6H2,1-2H3,(H,11,14)(H,12,15). The van der Waals surface area contributed by atoms with Gasteiger partial charge in [0.15, 0.2) is 0 Å². The van der Waals surface area contributed by atoms with Gasteiger partial charge in [-0.2, -0.15) is 0 Å². The molecule has 0 aliphatic carbocycles. The van der Waals surface area contributed by atoms with Gasteiger partial charge in [0.2, 0.25) is 19.2 Å². The van der Waals surface area contributed by atoms with Crippen molar-refractivity contribution in [2.24, 2.45) is 5.92 Å². The van der Waals surface area contributed by atoms with Crippen molar-refractivity contribution in [2.75, 3.05) is 13.1 Å². The van der Waals surface area contributed by atoms with E-state index in [-0.39, 0.29) is 17.7 Å². The number of nitrogens with one attached hydrogen (secondary N) is 2. The Morgan fingerprint density at radius 1 is 1.40 bits per heavy atom. The molecule has 1 fully saturated rings. The monoisotopic (exact) mass is 211 g/mol. The fourth-order valence-corrected chi connectivity index (χ4v) is 1.81. The van der Waals surface area contributed by atoms with Crippen molar-refractivity contribution < 1.29 is 9.59 Å². The molecule has 84 valence electrons. The van der Waals surface area contributed by atoms with Gasteiger partial charge in [0.05, 0.1) is 5.92 Å². The largest absolute Gasteiger partial charge is 0.345 e. The second-order valence-electron chi connectivity index (χ2n) is 3.90. The van der Waals surface area contributed by atoms with Gasteiger partial charge in [0.1, 0.15) is 0 Å². The molecule has 0 bridgehead atoms. The van der Waals surface area contributed by atoms with Crippen molar-refractivity contribution in [3.8, 4) is 0 Å². The Bertz CT molecular complexity index is 248. The molecule has 0 spiro atoms. The van der Waals surface area contributed by atoms with Crippen LogP contribution in [-0.2, 0) is 9.59 Å². The van der Waals surface area contributed by atoms with E-state index in [0.29, 0.717) is 0 Å². The molecule has 2 amide bonds. The van der Waals surface area contributed by atoms with Crippen molar-refractivity contribution >= 4 is 19.2 Å². The van der Waals surface area contributed by atoms with E-state index in [1.165, 1.54) is 6.92 Å². The van der Waals surface area contributed by atoms with Crippen molar-refractivity contribution in [3.05, 3.63) is 0 Å². The molecular formula is C9H18BN3O2. The van der Waals surface area contributed by atoms with E-state index >= 15 is 0 Å². The van der Waals surface area contributed by atoms with E-state index in [4.69, 9.17) is 0 Å². The number of carbonyl (C=O) groups excluding carboxylic acids is 2. The molecule has 1 aliphatic rings. The van der Waals surface area contributed by atoms with Crippen LogP contribution in [0.2, 0.25) is 6.82 Å². The topological polar surface area (TPSA) is 61.4 Å². The first-order valence-corrected chi connectivity index (χ1v) is 5.42. The summed E-state index contributed by atoms with van der Waals surface area (Å²) in [5.74, 6) is -0.319. The van der Waals surface area contributed by atoms with Crippen LogP contribution in [0.1, 0.15) is 19.8 Å². The average molecular weight is 211 g/mol. The van der Waals surface area contributed by atoms with Crippen LogP contribution in [-0.4, -0.2) is 37.1 Å². The fourth-order valence-electron chi connectivity index (χ4n) is 1.81. The van der Waals surface area contributed by atoms with Gasteiger partial charge in [0, 0.05) is 6.92 Å². The molecule has 15 heavy (non-hydrogen) atoms. The Labute approximate surface area is 90.8 Å². The predicted octanol–water partition coefficient (Wildman–Crippen LogP) is -0.735. The van der Waals surface area contributed by atoms with E-state index in [2.05, 4.69) is 22.5 Å². The number of rotatable bonds is 2. The third kappa shape index (κ3) is 3.91. The lowest BCUT2D eigenvalue weighted by molar-refractivity contribution is -0.131. The second-order valence-corrected chi connectivity index (χ2v) is 3.90. The Morgan fingerprint density at radius 3 is 2.73 bits per heavy atom. The zero-order valence-corrected chi connectivity index (χ0v) is 9.38. The molecule has 6 heteroatoms. The molecule has 5 nitrogen and oxygen atoms in total. The van der Waals surface area contributed by atoms with Gasteiger partial charge in [-0.25, -0.2) is 0 Å². The number of hydrogen-bond donors (Lipinski definition) is 2. The van der Waals surface area contributed by atoms with E-state index in [1.54, 1.807) is 0 Å². The number of hydrazine groups is 1. The molecule has 1 atom stereocenters. The molecule has 0 radical (unpaired) electrons. The lowest BCUT2D eigenvalue weighted by atomic mass is 9.87. The summed E-state index contributed by atoms with van der Waals surface area (Å²) in [6, 6.07) is 0. The molecule has 1 rings (SSSR count). The van der Waals surface area contributed by atoms with Crippen LogP contribution in [0.3, 0.4) is 0 Å². The summed E-state index contributed by atoms with van der Waals surface area (Å²) < 4.78 is 0. The third-order valence-corrected chi connectivity index (χ3v) is 2.69. The predicted molar refractivity (Wildman–Crippen MR) is 59.3 cm³/mol. The summed E-state index contributed by atoms with van der Waals surface area (Å²) >= 11 is 0. The quantitative estimate of drug-likeness (QED) is 0.467. The van der Waals surface area contributed by atoms with Gasteiger partial charge in [-0.15, -0.1) is 0 Å². The zero-order valence-electron chi connectivity index (χ0n) is 9.38. The van der Waals surface area contributed by atoms with Gasteiger partial charge in [-0.05, 0) is 25.9 Å². The number of amides is 2. The minimum atomic E-state index is -0.244. The molecule has 2 N–H and O–H groups in total. The summed E-state index contributed by atoms with van der Waals surface area (Å²) in [5, 5.41) is 0. The van der Waals surface area contributed by atoms with Gasteiger partial charge in [-0.3, -0.25) is 20.4 Å². The molecule has 0 saturated carbocycles. The normalized spacial score (nSPS) is 21.9. The molecule has 1 heterocycles. The van der Waals surface area contributed by atoms with Crippen molar-refractivity contribution in [2.45, 2.75) is 26.6 Å². The van der Waals surface area contributed by atoms with Crippen LogP contribution in [0, 0.1) is 5.92 Å².